The summed E-state index contributed by atoms with van der Waals surface area (Å²) < 4.78 is 20.5. The Bertz CT molecular complexity index is 569. The molecule has 0 aromatic carbocycles. The lowest BCUT2D eigenvalue weighted by Crippen LogP contribution is -2.39. The topological polar surface area (TPSA) is 70.3 Å². The number of ether oxygens (including phenoxy) is 2. The normalized spacial score (nSPS) is 18.3. The summed E-state index contributed by atoms with van der Waals surface area (Å²) in [7, 11) is 1.70. The number of aromatic nitrogens is 3. The number of methoxy groups -OCH3 is 1. The molecule has 20 heavy (non-hydrogen) atoms. The standard InChI is InChI=1S/C13H17N3O3S/c1-9-7-10(16-20-9)11-14-12(15-19-11)13(8-17-2)3-5-18-6-4-13/h7H,3-6,8H2,1-2H3. The van der Waals surface area contributed by atoms with Gasteiger partial charge in [-0.25, -0.2) is 0 Å². The van der Waals surface area contributed by atoms with Gasteiger partial charge in [0, 0.05) is 25.2 Å². The van der Waals surface area contributed by atoms with Gasteiger partial charge in [-0.2, -0.15) is 9.36 Å². The van der Waals surface area contributed by atoms with E-state index in [-0.39, 0.29) is 5.41 Å². The van der Waals surface area contributed by atoms with E-state index in [4.69, 9.17) is 14.0 Å². The largest absolute Gasteiger partial charge is 0.384 e. The Morgan fingerprint density at radius 1 is 1.40 bits per heavy atom. The van der Waals surface area contributed by atoms with Crippen molar-refractivity contribution in [2.75, 3.05) is 26.9 Å². The third-order valence-electron chi connectivity index (χ3n) is 3.62. The van der Waals surface area contributed by atoms with Gasteiger partial charge in [-0.1, -0.05) is 5.16 Å². The van der Waals surface area contributed by atoms with E-state index in [1.54, 1.807) is 7.11 Å². The maximum Gasteiger partial charge on any atom is 0.277 e. The van der Waals surface area contributed by atoms with Crippen molar-refractivity contribution >= 4 is 11.5 Å². The predicted octanol–water partition coefficient (Wildman–Crippen LogP) is 2.20. The average Bonchev–Trinajstić information content (AvgIpc) is 3.09. The van der Waals surface area contributed by atoms with Crippen LogP contribution in [-0.2, 0) is 14.9 Å². The molecule has 0 amide bonds. The molecule has 0 atom stereocenters. The summed E-state index contributed by atoms with van der Waals surface area (Å²) >= 11 is 1.43. The smallest absolute Gasteiger partial charge is 0.277 e. The van der Waals surface area contributed by atoms with Crippen molar-refractivity contribution in [2.45, 2.75) is 25.2 Å². The summed E-state index contributed by atoms with van der Waals surface area (Å²) in [5.74, 6) is 1.18. The van der Waals surface area contributed by atoms with Crippen LogP contribution in [0.25, 0.3) is 11.6 Å². The Kier molecular flexibility index (Phi) is 3.82. The monoisotopic (exact) mass is 295 g/mol. The number of nitrogens with zero attached hydrogens (tertiary/aromatic N) is 3. The molecule has 6 nitrogen and oxygen atoms in total. The molecule has 3 rings (SSSR count). The lowest BCUT2D eigenvalue weighted by atomic mass is 9.80. The molecule has 0 radical (unpaired) electrons. The maximum atomic E-state index is 5.43. The highest BCUT2D eigenvalue weighted by atomic mass is 32.1. The van der Waals surface area contributed by atoms with Crippen LogP contribution in [0.2, 0.25) is 0 Å². The number of hydrogen-bond donors (Lipinski definition) is 0. The second-order valence-electron chi connectivity index (χ2n) is 5.07. The summed E-state index contributed by atoms with van der Waals surface area (Å²) in [5, 5.41) is 4.16. The molecule has 1 aliphatic heterocycles. The molecule has 108 valence electrons. The summed E-state index contributed by atoms with van der Waals surface area (Å²) in [6.45, 7) is 3.97. The third-order valence-corrected chi connectivity index (χ3v) is 4.31. The molecule has 0 spiro atoms. The fourth-order valence-corrected chi connectivity index (χ4v) is 3.02. The van der Waals surface area contributed by atoms with E-state index in [1.807, 2.05) is 13.0 Å². The highest BCUT2D eigenvalue weighted by Gasteiger charge is 2.39. The van der Waals surface area contributed by atoms with Gasteiger partial charge in [0.15, 0.2) is 5.82 Å². The Labute approximate surface area is 121 Å². The van der Waals surface area contributed by atoms with Crippen LogP contribution in [0.15, 0.2) is 10.6 Å². The molecular weight excluding hydrogens is 278 g/mol. The summed E-state index contributed by atoms with van der Waals surface area (Å²) in [6, 6.07) is 1.95. The van der Waals surface area contributed by atoms with Gasteiger partial charge in [-0.3, -0.25) is 0 Å². The molecular formula is C13H17N3O3S. The zero-order valence-electron chi connectivity index (χ0n) is 11.6. The van der Waals surface area contributed by atoms with E-state index >= 15 is 0 Å². The second kappa shape index (κ2) is 5.59. The van der Waals surface area contributed by atoms with Gasteiger partial charge >= 0.3 is 0 Å². The molecule has 0 N–H and O–H groups in total. The molecule has 2 aromatic rings. The van der Waals surface area contributed by atoms with Crippen molar-refractivity contribution in [3.63, 3.8) is 0 Å². The molecule has 0 unspecified atom stereocenters. The first-order valence-electron chi connectivity index (χ1n) is 6.58. The molecule has 0 bridgehead atoms. The van der Waals surface area contributed by atoms with Crippen LogP contribution < -0.4 is 0 Å². The molecule has 0 saturated carbocycles. The fraction of sp³-hybridized carbons (Fsp3) is 0.615. The quantitative estimate of drug-likeness (QED) is 0.861. The minimum absolute atomic E-state index is 0.209. The first-order valence-corrected chi connectivity index (χ1v) is 7.35. The first kappa shape index (κ1) is 13.7. The van der Waals surface area contributed by atoms with E-state index < -0.39 is 0 Å². The van der Waals surface area contributed by atoms with E-state index in [0.29, 0.717) is 31.5 Å². The van der Waals surface area contributed by atoms with Crippen LogP contribution in [-0.4, -0.2) is 41.4 Å². The zero-order valence-corrected chi connectivity index (χ0v) is 12.4. The van der Waals surface area contributed by atoms with Gasteiger partial charge < -0.3 is 14.0 Å². The Balaban J connectivity index is 1.90. The Hall–Kier alpha value is -1.31. The molecule has 1 saturated heterocycles. The van der Waals surface area contributed by atoms with Crippen LogP contribution in [0.1, 0.15) is 23.5 Å². The SMILES string of the molecule is COCC1(c2noc(-c3cc(C)sn3)n2)CCOCC1. The van der Waals surface area contributed by atoms with Crippen molar-refractivity contribution in [3.05, 3.63) is 16.8 Å². The number of rotatable bonds is 4. The first-order chi connectivity index (χ1) is 9.73. The lowest BCUT2D eigenvalue weighted by molar-refractivity contribution is 0.00915. The predicted molar refractivity (Wildman–Crippen MR) is 73.8 cm³/mol. The highest BCUT2D eigenvalue weighted by molar-refractivity contribution is 7.05. The van der Waals surface area contributed by atoms with Crippen molar-refractivity contribution in [2.24, 2.45) is 0 Å². The van der Waals surface area contributed by atoms with Gasteiger partial charge in [0.05, 0.1) is 12.0 Å². The van der Waals surface area contributed by atoms with Gasteiger partial charge in [-0.05, 0) is 37.4 Å². The van der Waals surface area contributed by atoms with Crippen LogP contribution in [0.4, 0.5) is 0 Å². The number of hydrogen-bond acceptors (Lipinski definition) is 7. The molecule has 1 aliphatic rings. The summed E-state index contributed by atoms with van der Waals surface area (Å²) in [5.41, 5.74) is 0.533. The molecule has 2 aromatic heterocycles. The van der Waals surface area contributed by atoms with Crippen LogP contribution in [0.5, 0.6) is 0 Å². The van der Waals surface area contributed by atoms with E-state index in [2.05, 4.69) is 14.5 Å². The van der Waals surface area contributed by atoms with E-state index in [1.165, 1.54) is 11.5 Å². The zero-order chi connectivity index (χ0) is 14.0. The third kappa shape index (κ3) is 2.48. The Morgan fingerprint density at radius 2 is 2.20 bits per heavy atom. The van der Waals surface area contributed by atoms with E-state index in [0.717, 1.165) is 23.4 Å². The van der Waals surface area contributed by atoms with Crippen LogP contribution >= 0.6 is 11.5 Å². The minimum Gasteiger partial charge on any atom is -0.384 e. The van der Waals surface area contributed by atoms with E-state index in [9.17, 15) is 0 Å². The molecule has 3 heterocycles. The van der Waals surface area contributed by atoms with Crippen LogP contribution in [0, 0.1) is 6.92 Å². The van der Waals surface area contributed by atoms with Gasteiger partial charge in [0.1, 0.15) is 5.69 Å². The molecule has 0 aliphatic carbocycles. The average molecular weight is 295 g/mol. The Morgan fingerprint density at radius 3 is 2.85 bits per heavy atom. The van der Waals surface area contributed by atoms with Crippen molar-refractivity contribution in [1.82, 2.24) is 14.5 Å². The molecule has 1 fully saturated rings. The maximum absolute atomic E-state index is 5.43. The fourth-order valence-electron chi connectivity index (χ4n) is 2.48. The minimum atomic E-state index is -0.209. The summed E-state index contributed by atoms with van der Waals surface area (Å²) in [6.07, 6.45) is 1.69. The van der Waals surface area contributed by atoms with Crippen molar-refractivity contribution in [1.29, 1.82) is 0 Å². The van der Waals surface area contributed by atoms with Gasteiger partial charge in [0.25, 0.3) is 5.89 Å². The number of aryl methyl sites for hydroxylation is 1. The second-order valence-corrected chi connectivity index (χ2v) is 6.08. The van der Waals surface area contributed by atoms with Crippen molar-refractivity contribution < 1.29 is 14.0 Å². The van der Waals surface area contributed by atoms with Crippen LogP contribution in [0.3, 0.4) is 0 Å². The summed E-state index contributed by atoms with van der Waals surface area (Å²) in [4.78, 5) is 5.66. The van der Waals surface area contributed by atoms with Gasteiger partial charge in [0.2, 0.25) is 0 Å². The highest BCUT2D eigenvalue weighted by Crippen LogP contribution is 2.34. The van der Waals surface area contributed by atoms with Crippen molar-refractivity contribution in [3.8, 4) is 11.6 Å². The lowest BCUT2D eigenvalue weighted by Gasteiger charge is -2.33. The molecule has 7 heteroatoms. The van der Waals surface area contributed by atoms with Gasteiger partial charge in [-0.15, -0.1) is 0 Å².